The van der Waals surface area contributed by atoms with Gasteiger partial charge >= 0.3 is 0 Å². The van der Waals surface area contributed by atoms with E-state index in [-0.39, 0.29) is 5.41 Å². The summed E-state index contributed by atoms with van der Waals surface area (Å²) in [6.45, 7) is 6.79. The van der Waals surface area contributed by atoms with Crippen molar-refractivity contribution in [2.45, 2.75) is 33.2 Å². The van der Waals surface area contributed by atoms with E-state index in [0.29, 0.717) is 6.04 Å². The standard InChI is InChI=1S/C14H19IN2S/c1-14(2,3)12-8-9-18-13(17-12)16-11-6-4-10(15)5-7-11/h4-7,12H,8-9H2,1-3H3,(H,16,17). The summed E-state index contributed by atoms with van der Waals surface area (Å²) in [5.41, 5.74) is 1.37. The molecule has 0 amide bonds. The van der Waals surface area contributed by atoms with Crippen LogP contribution in [0.25, 0.3) is 0 Å². The lowest BCUT2D eigenvalue weighted by Crippen LogP contribution is -2.30. The number of hydrogen-bond donors (Lipinski definition) is 1. The summed E-state index contributed by atoms with van der Waals surface area (Å²) < 4.78 is 1.25. The van der Waals surface area contributed by atoms with Crippen LogP contribution in [0, 0.1) is 8.99 Å². The van der Waals surface area contributed by atoms with E-state index < -0.39 is 0 Å². The number of hydrogen-bond acceptors (Lipinski definition) is 3. The fourth-order valence-corrected chi connectivity index (χ4v) is 3.15. The molecule has 0 saturated heterocycles. The van der Waals surface area contributed by atoms with Crippen molar-refractivity contribution in [3.8, 4) is 0 Å². The van der Waals surface area contributed by atoms with Gasteiger partial charge in [-0.05, 0) is 58.7 Å². The number of thioether (sulfide) groups is 1. The molecular formula is C14H19IN2S. The van der Waals surface area contributed by atoms with Crippen molar-refractivity contribution < 1.29 is 0 Å². The van der Waals surface area contributed by atoms with Crippen molar-refractivity contribution in [3.05, 3.63) is 27.8 Å². The topological polar surface area (TPSA) is 24.4 Å². The van der Waals surface area contributed by atoms with E-state index in [9.17, 15) is 0 Å². The van der Waals surface area contributed by atoms with Crippen molar-refractivity contribution in [3.63, 3.8) is 0 Å². The number of amidine groups is 1. The Labute approximate surface area is 127 Å². The van der Waals surface area contributed by atoms with Gasteiger partial charge in [0, 0.05) is 15.0 Å². The third-order valence-electron chi connectivity index (χ3n) is 3.00. The lowest BCUT2D eigenvalue weighted by Gasteiger charge is -2.31. The summed E-state index contributed by atoms with van der Waals surface area (Å²) in [6.07, 6.45) is 1.17. The Hall–Kier alpha value is -0.230. The SMILES string of the molecule is CC(C)(C)C1CCSC(Nc2ccc(I)cc2)=N1. The summed E-state index contributed by atoms with van der Waals surface area (Å²) in [7, 11) is 0. The van der Waals surface area contributed by atoms with Crippen LogP contribution < -0.4 is 5.32 Å². The van der Waals surface area contributed by atoms with Crippen LogP contribution in [0.4, 0.5) is 5.69 Å². The van der Waals surface area contributed by atoms with Gasteiger partial charge in [-0.15, -0.1) is 0 Å². The third kappa shape index (κ3) is 3.88. The molecule has 1 heterocycles. The molecule has 1 aliphatic heterocycles. The maximum Gasteiger partial charge on any atom is 0.161 e. The van der Waals surface area contributed by atoms with Gasteiger partial charge in [0.05, 0.1) is 6.04 Å². The first-order valence-electron chi connectivity index (χ1n) is 6.18. The Balaban J connectivity index is 2.09. The second-order valence-corrected chi connectivity index (χ2v) is 7.91. The summed E-state index contributed by atoms with van der Waals surface area (Å²) in [5.74, 6) is 1.15. The van der Waals surface area contributed by atoms with Crippen molar-refractivity contribution in [2.75, 3.05) is 11.1 Å². The molecule has 1 unspecified atom stereocenters. The quantitative estimate of drug-likeness (QED) is 0.726. The van der Waals surface area contributed by atoms with Gasteiger partial charge in [-0.25, -0.2) is 0 Å². The second-order valence-electron chi connectivity index (χ2n) is 5.59. The van der Waals surface area contributed by atoms with Crippen LogP contribution in [0.1, 0.15) is 27.2 Å². The van der Waals surface area contributed by atoms with Crippen LogP contribution in [-0.4, -0.2) is 17.0 Å². The Morgan fingerprint density at radius 1 is 1.28 bits per heavy atom. The summed E-state index contributed by atoms with van der Waals surface area (Å²) in [5, 5.41) is 4.48. The van der Waals surface area contributed by atoms with Gasteiger partial charge in [0.2, 0.25) is 0 Å². The number of anilines is 1. The Kier molecular flexibility index (Phi) is 4.59. The average molecular weight is 374 g/mol. The van der Waals surface area contributed by atoms with Gasteiger partial charge in [-0.1, -0.05) is 32.5 Å². The molecule has 0 spiro atoms. The van der Waals surface area contributed by atoms with Crippen LogP contribution in [0.15, 0.2) is 29.3 Å². The zero-order chi connectivity index (χ0) is 13.2. The van der Waals surface area contributed by atoms with Crippen molar-refractivity contribution >= 4 is 45.2 Å². The van der Waals surface area contributed by atoms with E-state index >= 15 is 0 Å². The predicted molar refractivity (Wildman–Crippen MR) is 90.5 cm³/mol. The molecular weight excluding hydrogens is 355 g/mol. The highest BCUT2D eigenvalue weighted by Crippen LogP contribution is 2.31. The normalized spacial score (nSPS) is 20.4. The van der Waals surface area contributed by atoms with E-state index in [2.05, 4.69) is 72.9 Å². The second kappa shape index (κ2) is 5.82. The van der Waals surface area contributed by atoms with E-state index in [1.165, 1.54) is 9.99 Å². The molecule has 2 nitrogen and oxygen atoms in total. The minimum Gasteiger partial charge on any atom is -0.335 e. The highest BCUT2D eigenvalue weighted by molar-refractivity contribution is 14.1. The van der Waals surface area contributed by atoms with Crippen molar-refractivity contribution in [1.82, 2.24) is 0 Å². The van der Waals surface area contributed by atoms with Gasteiger partial charge < -0.3 is 5.32 Å². The number of nitrogens with one attached hydrogen (secondary N) is 1. The molecule has 0 radical (unpaired) electrons. The fraction of sp³-hybridized carbons (Fsp3) is 0.500. The molecule has 0 saturated carbocycles. The maximum atomic E-state index is 4.84. The molecule has 1 aromatic rings. The van der Waals surface area contributed by atoms with E-state index in [1.54, 1.807) is 0 Å². The molecule has 18 heavy (non-hydrogen) atoms. The summed E-state index contributed by atoms with van der Waals surface area (Å²) in [4.78, 5) is 4.84. The number of aliphatic imine (C=N–C) groups is 1. The highest BCUT2D eigenvalue weighted by Gasteiger charge is 2.27. The number of benzene rings is 1. The predicted octanol–water partition coefficient (Wildman–Crippen LogP) is 4.61. The monoisotopic (exact) mass is 374 g/mol. The Morgan fingerprint density at radius 2 is 1.94 bits per heavy atom. The Bertz CT molecular complexity index is 434. The molecule has 0 aromatic heterocycles. The van der Waals surface area contributed by atoms with E-state index in [0.717, 1.165) is 16.6 Å². The smallest absolute Gasteiger partial charge is 0.161 e. The zero-order valence-corrected chi connectivity index (χ0v) is 14.0. The molecule has 0 aliphatic carbocycles. The Morgan fingerprint density at radius 3 is 2.56 bits per heavy atom. The van der Waals surface area contributed by atoms with Gasteiger partial charge in [0.1, 0.15) is 0 Å². The number of halogens is 1. The van der Waals surface area contributed by atoms with Crippen LogP contribution in [0.3, 0.4) is 0 Å². The molecule has 1 aliphatic rings. The summed E-state index contributed by atoms with van der Waals surface area (Å²) in [6, 6.07) is 8.85. The van der Waals surface area contributed by atoms with Crippen LogP contribution >= 0.6 is 34.4 Å². The fourth-order valence-electron chi connectivity index (χ4n) is 1.86. The molecule has 2 rings (SSSR count). The van der Waals surface area contributed by atoms with Gasteiger partial charge in [0.25, 0.3) is 0 Å². The molecule has 1 N–H and O–H groups in total. The first-order valence-corrected chi connectivity index (χ1v) is 8.25. The van der Waals surface area contributed by atoms with E-state index in [1.807, 2.05) is 11.8 Å². The highest BCUT2D eigenvalue weighted by atomic mass is 127. The van der Waals surface area contributed by atoms with Crippen molar-refractivity contribution in [1.29, 1.82) is 0 Å². The maximum absolute atomic E-state index is 4.84. The lowest BCUT2D eigenvalue weighted by atomic mass is 9.85. The molecule has 98 valence electrons. The largest absolute Gasteiger partial charge is 0.335 e. The minimum atomic E-state index is 0.250. The molecule has 4 heteroatoms. The number of rotatable bonds is 1. The number of nitrogens with zero attached hydrogens (tertiary/aromatic N) is 1. The average Bonchev–Trinajstić information content (AvgIpc) is 2.31. The first-order chi connectivity index (χ1) is 8.45. The van der Waals surface area contributed by atoms with Crippen LogP contribution in [-0.2, 0) is 0 Å². The van der Waals surface area contributed by atoms with Gasteiger partial charge in [-0.3, -0.25) is 4.99 Å². The minimum absolute atomic E-state index is 0.250. The first kappa shape index (κ1) is 14.2. The molecule has 0 fully saturated rings. The molecule has 1 atom stereocenters. The summed E-state index contributed by atoms with van der Waals surface area (Å²) >= 11 is 4.14. The molecule has 0 bridgehead atoms. The van der Waals surface area contributed by atoms with Gasteiger partial charge in [-0.2, -0.15) is 0 Å². The lowest BCUT2D eigenvalue weighted by molar-refractivity contribution is 0.316. The third-order valence-corrected chi connectivity index (χ3v) is 4.64. The van der Waals surface area contributed by atoms with Crippen LogP contribution in [0.5, 0.6) is 0 Å². The zero-order valence-electron chi connectivity index (χ0n) is 11.0. The van der Waals surface area contributed by atoms with Gasteiger partial charge in [0.15, 0.2) is 5.17 Å². The van der Waals surface area contributed by atoms with Crippen LogP contribution in [0.2, 0.25) is 0 Å². The molecule has 1 aromatic carbocycles. The van der Waals surface area contributed by atoms with Crippen molar-refractivity contribution in [2.24, 2.45) is 10.4 Å². The van der Waals surface area contributed by atoms with E-state index in [4.69, 9.17) is 4.99 Å².